The van der Waals surface area contributed by atoms with E-state index < -0.39 is 0 Å². The summed E-state index contributed by atoms with van der Waals surface area (Å²) in [6.45, 7) is 2.73. The highest BCUT2D eigenvalue weighted by atomic mass is 35.5. The molecule has 178 valence electrons. The zero-order valence-electron chi connectivity index (χ0n) is 19.9. The maximum atomic E-state index is 6.43. The molecule has 0 spiro atoms. The molecule has 1 aromatic heterocycles. The van der Waals surface area contributed by atoms with Gasteiger partial charge in [0.25, 0.3) is 0 Å². The highest BCUT2D eigenvalue weighted by Gasteiger charge is 2.21. The van der Waals surface area contributed by atoms with Crippen LogP contribution in [0.15, 0.2) is 47.5 Å². The number of hydrogen-bond acceptors (Lipinski definition) is 7. The Morgan fingerprint density at radius 2 is 1.53 bits per heavy atom. The molecular weight excluding hydrogens is 454 g/mol. The summed E-state index contributed by atoms with van der Waals surface area (Å²) in [4.78, 5) is 9.30. The molecule has 8 heteroatoms. The highest BCUT2D eigenvalue weighted by Crippen LogP contribution is 2.35. The van der Waals surface area contributed by atoms with Crippen LogP contribution in [0.2, 0.25) is 5.15 Å². The molecule has 0 fully saturated rings. The van der Waals surface area contributed by atoms with E-state index in [4.69, 9.17) is 35.5 Å². The van der Waals surface area contributed by atoms with Gasteiger partial charge in [-0.25, -0.2) is 4.98 Å². The third-order valence-electron chi connectivity index (χ3n) is 5.86. The number of hydrogen-bond donors (Lipinski definition) is 1. The average Bonchev–Trinajstić information content (AvgIpc) is 2.86. The van der Waals surface area contributed by atoms with Crippen molar-refractivity contribution >= 4 is 23.1 Å². The Labute approximate surface area is 204 Å². The third kappa shape index (κ3) is 4.75. The number of aliphatic imine (C=N–C) groups is 1. The average molecular weight is 482 g/mol. The smallest absolute Gasteiger partial charge is 0.161 e. The van der Waals surface area contributed by atoms with Crippen LogP contribution in [0.1, 0.15) is 35.2 Å². The predicted octanol–water partition coefficient (Wildman–Crippen LogP) is 5.34. The molecule has 7 nitrogen and oxygen atoms in total. The summed E-state index contributed by atoms with van der Waals surface area (Å²) in [6, 6.07) is 13.6. The fraction of sp³-hybridized carbons (Fsp3) is 0.308. The van der Waals surface area contributed by atoms with Crippen molar-refractivity contribution in [2.45, 2.75) is 19.4 Å². The van der Waals surface area contributed by atoms with Gasteiger partial charge in [-0.1, -0.05) is 17.7 Å². The van der Waals surface area contributed by atoms with Gasteiger partial charge in [0.05, 0.1) is 40.2 Å². The van der Waals surface area contributed by atoms with E-state index in [-0.39, 0.29) is 6.04 Å². The van der Waals surface area contributed by atoms with E-state index in [1.54, 1.807) is 28.4 Å². The molecule has 0 radical (unpaired) electrons. The molecule has 1 atom stereocenters. The van der Waals surface area contributed by atoms with Gasteiger partial charge in [0.2, 0.25) is 0 Å². The summed E-state index contributed by atoms with van der Waals surface area (Å²) in [5.41, 5.74) is 4.93. The third-order valence-corrected chi connectivity index (χ3v) is 6.05. The monoisotopic (exact) mass is 481 g/mol. The number of aromatic nitrogens is 1. The Morgan fingerprint density at radius 1 is 0.853 bits per heavy atom. The lowest BCUT2D eigenvalue weighted by atomic mass is 9.93. The quantitative estimate of drug-likeness (QED) is 0.438. The zero-order valence-corrected chi connectivity index (χ0v) is 20.7. The lowest BCUT2D eigenvalue weighted by Gasteiger charge is -2.21. The van der Waals surface area contributed by atoms with E-state index in [1.165, 1.54) is 0 Å². The first-order valence-electron chi connectivity index (χ1n) is 10.9. The second-order valence-corrected chi connectivity index (χ2v) is 8.28. The van der Waals surface area contributed by atoms with Gasteiger partial charge in [-0.2, -0.15) is 0 Å². The Balaban J connectivity index is 1.66. The fourth-order valence-corrected chi connectivity index (χ4v) is 4.31. The molecular formula is C26H28ClN3O4. The van der Waals surface area contributed by atoms with Crippen molar-refractivity contribution in [1.82, 2.24) is 4.98 Å². The van der Waals surface area contributed by atoms with Crippen LogP contribution in [0.4, 0.5) is 5.82 Å². The summed E-state index contributed by atoms with van der Waals surface area (Å²) in [5, 5.41) is 3.82. The van der Waals surface area contributed by atoms with Crippen LogP contribution in [-0.4, -0.2) is 45.7 Å². The van der Waals surface area contributed by atoms with Gasteiger partial charge in [0.15, 0.2) is 23.0 Å². The maximum Gasteiger partial charge on any atom is 0.161 e. The van der Waals surface area contributed by atoms with Crippen molar-refractivity contribution in [3.8, 4) is 23.0 Å². The minimum Gasteiger partial charge on any atom is -0.493 e. The largest absolute Gasteiger partial charge is 0.493 e. The Hall–Kier alpha value is -3.45. The van der Waals surface area contributed by atoms with E-state index in [2.05, 4.69) is 10.3 Å². The number of fused-ring (bicyclic) bond motifs is 1. The van der Waals surface area contributed by atoms with E-state index in [0.29, 0.717) is 40.5 Å². The lowest BCUT2D eigenvalue weighted by Crippen LogP contribution is -2.16. The van der Waals surface area contributed by atoms with Gasteiger partial charge in [0, 0.05) is 17.7 Å². The SMILES string of the molecule is COc1ccc(C(C)Nc2cc(C3=NCCc4cc(OC)c(OC)cc43)cc(Cl)n2)cc1OC. The molecule has 1 aliphatic rings. The molecule has 34 heavy (non-hydrogen) atoms. The standard InChI is InChI=1S/C26H28ClN3O4/c1-15(16-6-7-20(31-2)21(10-16)32-3)29-25-13-18(12-24(27)30-25)26-19-14-23(34-5)22(33-4)11-17(19)8-9-28-26/h6-7,10-15H,8-9H2,1-5H3,(H,29,30). The van der Waals surface area contributed by atoms with Crippen molar-refractivity contribution in [3.63, 3.8) is 0 Å². The van der Waals surface area contributed by atoms with E-state index in [1.807, 2.05) is 49.4 Å². The number of rotatable bonds is 8. The molecule has 0 bridgehead atoms. The number of halogens is 1. The molecule has 4 rings (SSSR count). The maximum absolute atomic E-state index is 6.43. The Morgan fingerprint density at radius 3 is 2.24 bits per heavy atom. The van der Waals surface area contributed by atoms with Crippen molar-refractivity contribution < 1.29 is 18.9 Å². The number of ether oxygens (including phenoxy) is 4. The summed E-state index contributed by atoms with van der Waals surface area (Å²) in [5.74, 6) is 3.38. The number of methoxy groups -OCH3 is 4. The molecule has 0 saturated carbocycles. The van der Waals surface area contributed by atoms with Crippen molar-refractivity contribution in [3.05, 3.63) is 69.9 Å². The van der Waals surface area contributed by atoms with Crippen molar-refractivity contribution in [1.29, 1.82) is 0 Å². The number of pyridine rings is 1. The molecule has 0 amide bonds. The summed E-state index contributed by atoms with van der Waals surface area (Å²) >= 11 is 6.43. The van der Waals surface area contributed by atoms with Crippen LogP contribution in [-0.2, 0) is 6.42 Å². The summed E-state index contributed by atoms with van der Waals surface area (Å²) in [7, 11) is 6.51. The number of nitrogens with zero attached hydrogens (tertiary/aromatic N) is 2. The van der Waals surface area contributed by atoms with Gasteiger partial charge in [-0.05, 0) is 60.9 Å². The van der Waals surface area contributed by atoms with Gasteiger partial charge in [0.1, 0.15) is 11.0 Å². The van der Waals surface area contributed by atoms with Crippen molar-refractivity contribution in [2.75, 3.05) is 40.3 Å². The minimum atomic E-state index is -0.0523. The number of nitrogens with one attached hydrogen (secondary N) is 1. The van der Waals surface area contributed by atoms with Crippen LogP contribution in [0.5, 0.6) is 23.0 Å². The Bertz CT molecular complexity index is 1230. The van der Waals surface area contributed by atoms with Gasteiger partial charge >= 0.3 is 0 Å². The number of anilines is 1. The fourth-order valence-electron chi connectivity index (χ4n) is 4.10. The van der Waals surface area contributed by atoms with Crippen LogP contribution in [0.25, 0.3) is 0 Å². The van der Waals surface area contributed by atoms with E-state index in [9.17, 15) is 0 Å². The van der Waals surface area contributed by atoms with Crippen LogP contribution >= 0.6 is 11.6 Å². The van der Waals surface area contributed by atoms with Crippen LogP contribution in [0, 0.1) is 0 Å². The zero-order chi connectivity index (χ0) is 24.2. The molecule has 1 aliphatic heterocycles. The topological polar surface area (TPSA) is 74.2 Å². The number of benzene rings is 2. The Kier molecular flexibility index (Phi) is 7.12. The summed E-state index contributed by atoms with van der Waals surface area (Å²) in [6.07, 6.45) is 0.833. The van der Waals surface area contributed by atoms with Gasteiger partial charge in [-0.3, -0.25) is 4.99 Å². The second kappa shape index (κ2) is 10.2. The molecule has 0 saturated heterocycles. The van der Waals surface area contributed by atoms with Crippen LogP contribution in [0.3, 0.4) is 0 Å². The molecule has 0 aliphatic carbocycles. The second-order valence-electron chi connectivity index (χ2n) is 7.89. The van der Waals surface area contributed by atoms with E-state index >= 15 is 0 Å². The van der Waals surface area contributed by atoms with Gasteiger partial charge < -0.3 is 24.3 Å². The molecule has 2 heterocycles. The lowest BCUT2D eigenvalue weighted by molar-refractivity contribution is 0.354. The first-order chi connectivity index (χ1) is 16.5. The molecule has 1 N–H and O–H groups in total. The summed E-state index contributed by atoms with van der Waals surface area (Å²) < 4.78 is 21.8. The molecule has 1 unspecified atom stereocenters. The predicted molar refractivity (Wildman–Crippen MR) is 135 cm³/mol. The van der Waals surface area contributed by atoms with Gasteiger partial charge in [-0.15, -0.1) is 0 Å². The normalized spacial score (nSPS) is 13.4. The van der Waals surface area contributed by atoms with E-state index in [0.717, 1.165) is 34.4 Å². The first kappa shape index (κ1) is 23.7. The minimum absolute atomic E-state index is 0.0523. The molecule has 2 aromatic carbocycles. The highest BCUT2D eigenvalue weighted by molar-refractivity contribution is 6.30. The molecule has 3 aromatic rings. The van der Waals surface area contributed by atoms with Crippen molar-refractivity contribution in [2.24, 2.45) is 4.99 Å². The van der Waals surface area contributed by atoms with Crippen LogP contribution < -0.4 is 24.3 Å². The first-order valence-corrected chi connectivity index (χ1v) is 11.3.